The summed E-state index contributed by atoms with van der Waals surface area (Å²) in [6.45, 7) is 0. The quantitative estimate of drug-likeness (QED) is 0.880. The molecule has 132 valence electrons. The maximum absolute atomic E-state index is 12.5. The predicted octanol–water partition coefficient (Wildman–Crippen LogP) is 2.83. The van der Waals surface area contributed by atoms with Gasteiger partial charge in [0.25, 0.3) is 0 Å². The van der Waals surface area contributed by atoms with Crippen LogP contribution in [0.2, 0.25) is 0 Å². The van der Waals surface area contributed by atoms with Crippen molar-refractivity contribution in [3.8, 4) is 0 Å². The number of aromatic nitrogens is 3. The van der Waals surface area contributed by atoms with E-state index in [1.54, 1.807) is 18.1 Å². The van der Waals surface area contributed by atoms with E-state index in [1.165, 1.54) is 25.7 Å². The van der Waals surface area contributed by atoms with E-state index in [0.717, 1.165) is 22.2 Å². The topological polar surface area (TPSA) is 71.8 Å². The van der Waals surface area contributed by atoms with Crippen LogP contribution in [0.3, 0.4) is 0 Å². The number of amides is 1. The lowest BCUT2D eigenvalue weighted by molar-refractivity contribution is -0.117. The average molecular weight is 357 g/mol. The van der Waals surface area contributed by atoms with Crippen molar-refractivity contribution < 1.29 is 4.79 Å². The van der Waals surface area contributed by atoms with Crippen molar-refractivity contribution in [1.29, 1.82) is 0 Å². The van der Waals surface area contributed by atoms with Crippen molar-refractivity contribution in [3.05, 3.63) is 30.6 Å². The molecule has 2 aliphatic rings. The third kappa shape index (κ3) is 3.72. The summed E-state index contributed by atoms with van der Waals surface area (Å²) in [5, 5.41) is 15.4. The van der Waals surface area contributed by atoms with Crippen LogP contribution in [0.1, 0.15) is 32.1 Å². The van der Waals surface area contributed by atoms with E-state index < -0.39 is 0 Å². The van der Waals surface area contributed by atoms with E-state index in [-0.39, 0.29) is 11.9 Å². The SMILES string of the molecule is Cn1cnnc1Sc1ccc(NC(=O)C2CC3CCCCC3N2)cc1. The predicted molar refractivity (Wildman–Crippen MR) is 97.5 cm³/mol. The fraction of sp³-hybridized carbons (Fsp3) is 0.500. The van der Waals surface area contributed by atoms with Crippen molar-refractivity contribution in [3.63, 3.8) is 0 Å². The highest BCUT2D eigenvalue weighted by molar-refractivity contribution is 7.99. The van der Waals surface area contributed by atoms with Gasteiger partial charge in [-0.25, -0.2) is 0 Å². The molecule has 2 N–H and O–H groups in total. The first-order valence-corrected chi connectivity index (χ1v) is 9.69. The second kappa shape index (κ2) is 7.17. The van der Waals surface area contributed by atoms with Gasteiger partial charge >= 0.3 is 0 Å². The Hall–Kier alpha value is -1.86. The average Bonchev–Trinajstić information content (AvgIpc) is 3.23. The van der Waals surface area contributed by atoms with Crippen LogP contribution in [-0.2, 0) is 11.8 Å². The minimum atomic E-state index is -0.0548. The molecule has 0 radical (unpaired) electrons. The van der Waals surface area contributed by atoms with Gasteiger partial charge in [0.1, 0.15) is 6.33 Å². The summed E-state index contributed by atoms with van der Waals surface area (Å²) in [5.41, 5.74) is 0.837. The van der Waals surface area contributed by atoms with Gasteiger partial charge in [0.15, 0.2) is 5.16 Å². The normalized spacial score (nSPS) is 25.6. The molecule has 25 heavy (non-hydrogen) atoms. The molecule has 0 spiro atoms. The molecular weight excluding hydrogens is 334 g/mol. The van der Waals surface area contributed by atoms with Crippen LogP contribution < -0.4 is 10.6 Å². The maximum Gasteiger partial charge on any atom is 0.241 e. The summed E-state index contributed by atoms with van der Waals surface area (Å²) in [6, 6.07) is 8.36. The molecule has 3 atom stereocenters. The second-order valence-corrected chi connectivity index (χ2v) is 7.99. The number of hydrogen-bond donors (Lipinski definition) is 2. The van der Waals surface area contributed by atoms with Crippen LogP contribution in [0.4, 0.5) is 5.69 Å². The molecule has 2 heterocycles. The van der Waals surface area contributed by atoms with Gasteiger partial charge in [-0.1, -0.05) is 12.8 Å². The lowest BCUT2D eigenvalue weighted by Gasteiger charge is -2.24. The summed E-state index contributed by atoms with van der Waals surface area (Å²) in [6.07, 6.45) is 7.71. The first-order chi connectivity index (χ1) is 12.2. The number of benzene rings is 1. The molecule has 7 heteroatoms. The van der Waals surface area contributed by atoms with Crippen LogP contribution in [-0.4, -0.2) is 32.8 Å². The molecule has 4 rings (SSSR count). The molecule has 1 aromatic carbocycles. The van der Waals surface area contributed by atoms with Crippen LogP contribution in [0.25, 0.3) is 0 Å². The van der Waals surface area contributed by atoms with Gasteiger partial charge in [-0.3, -0.25) is 4.79 Å². The van der Waals surface area contributed by atoms with E-state index in [9.17, 15) is 4.79 Å². The Morgan fingerprint density at radius 3 is 2.80 bits per heavy atom. The number of aryl methyl sites for hydroxylation is 1. The Morgan fingerprint density at radius 1 is 1.28 bits per heavy atom. The van der Waals surface area contributed by atoms with Crippen molar-refractivity contribution in [2.45, 2.75) is 54.2 Å². The van der Waals surface area contributed by atoms with E-state index in [0.29, 0.717) is 12.0 Å². The number of anilines is 1. The highest BCUT2D eigenvalue weighted by Crippen LogP contribution is 2.33. The Labute approximate surface area is 151 Å². The molecule has 1 aliphatic heterocycles. The van der Waals surface area contributed by atoms with Gasteiger partial charge in [-0.15, -0.1) is 10.2 Å². The van der Waals surface area contributed by atoms with Crippen LogP contribution in [0.5, 0.6) is 0 Å². The van der Waals surface area contributed by atoms with E-state index in [2.05, 4.69) is 20.8 Å². The largest absolute Gasteiger partial charge is 0.325 e. The lowest BCUT2D eigenvalue weighted by Crippen LogP contribution is -2.39. The van der Waals surface area contributed by atoms with Crippen molar-refractivity contribution in [2.24, 2.45) is 13.0 Å². The van der Waals surface area contributed by atoms with E-state index in [4.69, 9.17) is 0 Å². The molecule has 2 aromatic rings. The zero-order valence-corrected chi connectivity index (χ0v) is 15.1. The van der Waals surface area contributed by atoms with E-state index in [1.807, 2.05) is 35.9 Å². The summed E-state index contributed by atoms with van der Waals surface area (Å²) >= 11 is 1.55. The summed E-state index contributed by atoms with van der Waals surface area (Å²) < 4.78 is 1.88. The number of carbonyl (C=O) groups is 1. The summed E-state index contributed by atoms with van der Waals surface area (Å²) in [7, 11) is 1.92. The molecule has 6 nitrogen and oxygen atoms in total. The van der Waals surface area contributed by atoms with Gasteiger partial charge in [0.2, 0.25) is 5.91 Å². The van der Waals surface area contributed by atoms with Gasteiger partial charge in [-0.2, -0.15) is 0 Å². The number of nitrogens with one attached hydrogen (secondary N) is 2. The van der Waals surface area contributed by atoms with Crippen molar-refractivity contribution in [2.75, 3.05) is 5.32 Å². The summed E-state index contributed by atoms with van der Waals surface area (Å²) in [4.78, 5) is 13.6. The maximum atomic E-state index is 12.5. The first-order valence-electron chi connectivity index (χ1n) is 8.88. The van der Waals surface area contributed by atoms with Gasteiger partial charge in [0.05, 0.1) is 6.04 Å². The third-order valence-electron chi connectivity index (χ3n) is 5.18. The minimum absolute atomic E-state index is 0.0548. The standard InChI is InChI=1S/C18H23N5OS/c1-23-11-19-22-18(23)25-14-8-6-13(7-9-14)20-17(24)16-10-12-4-2-3-5-15(12)21-16/h6-9,11-12,15-16,21H,2-5,10H2,1H3,(H,20,24). The molecule has 3 unspecified atom stereocenters. The highest BCUT2D eigenvalue weighted by Gasteiger charge is 2.38. The van der Waals surface area contributed by atoms with Crippen LogP contribution >= 0.6 is 11.8 Å². The number of hydrogen-bond acceptors (Lipinski definition) is 5. The summed E-state index contributed by atoms with van der Waals surface area (Å²) in [5.74, 6) is 0.762. The molecule has 1 aliphatic carbocycles. The van der Waals surface area contributed by atoms with Gasteiger partial charge in [0, 0.05) is 23.7 Å². The monoisotopic (exact) mass is 357 g/mol. The van der Waals surface area contributed by atoms with Crippen molar-refractivity contribution in [1.82, 2.24) is 20.1 Å². The Bertz CT molecular complexity index is 730. The third-order valence-corrected chi connectivity index (χ3v) is 6.24. The fourth-order valence-electron chi connectivity index (χ4n) is 3.83. The van der Waals surface area contributed by atoms with E-state index >= 15 is 0 Å². The minimum Gasteiger partial charge on any atom is -0.325 e. The van der Waals surface area contributed by atoms with Gasteiger partial charge in [-0.05, 0) is 61.2 Å². The molecule has 2 fully saturated rings. The smallest absolute Gasteiger partial charge is 0.241 e. The number of fused-ring (bicyclic) bond motifs is 1. The lowest BCUT2D eigenvalue weighted by atomic mass is 9.85. The Morgan fingerprint density at radius 2 is 2.08 bits per heavy atom. The zero-order valence-electron chi connectivity index (χ0n) is 14.3. The first kappa shape index (κ1) is 16.6. The number of rotatable bonds is 4. The molecule has 1 aromatic heterocycles. The van der Waals surface area contributed by atoms with Crippen molar-refractivity contribution >= 4 is 23.4 Å². The zero-order chi connectivity index (χ0) is 17.2. The molecule has 1 amide bonds. The molecular formula is C18H23N5OS. The fourth-order valence-corrected chi connectivity index (χ4v) is 4.59. The van der Waals surface area contributed by atoms with Gasteiger partial charge < -0.3 is 15.2 Å². The number of carbonyl (C=O) groups excluding carboxylic acids is 1. The Kier molecular flexibility index (Phi) is 4.76. The number of nitrogens with zero attached hydrogens (tertiary/aromatic N) is 3. The molecule has 1 saturated carbocycles. The van der Waals surface area contributed by atoms with Crippen LogP contribution in [0, 0.1) is 5.92 Å². The Balaban J connectivity index is 1.35. The molecule has 0 bridgehead atoms. The van der Waals surface area contributed by atoms with Crippen LogP contribution in [0.15, 0.2) is 40.6 Å². The molecule has 1 saturated heterocycles. The highest BCUT2D eigenvalue weighted by atomic mass is 32.2. The second-order valence-electron chi connectivity index (χ2n) is 6.95.